The molecular formula is C15H22N2O2. The lowest BCUT2D eigenvalue weighted by molar-refractivity contribution is -0.0174. The van der Waals surface area contributed by atoms with Crippen LogP contribution >= 0.6 is 0 Å². The quantitative estimate of drug-likeness (QED) is 0.846. The summed E-state index contributed by atoms with van der Waals surface area (Å²) in [6, 6.07) is 3.98. The van der Waals surface area contributed by atoms with Crippen LogP contribution in [0.15, 0.2) is 12.1 Å². The largest absolute Gasteiger partial charge is 0.467 e. The molecule has 1 aromatic carbocycles. The molecule has 2 N–H and O–H groups in total. The highest BCUT2D eigenvalue weighted by atomic mass is 16.7. The van der Waals surface area contributed by atoms with Crippen molar-refractivity contribution in [3.05, 3.63) is 23.3 Å². The molecule has 0 bridgehead atoms. The molecule has 0 amide bonds. The second kappa shape index (κ2) is 5.39. The van der Waals surface area contributed by atoms with E-state index in [2.05, 4.69) is 11.9 Å². The number of benzene rings is 1. The summed E-state index contributed by atoms with van der Waals surface area (Å²) < 4.78 is 11.0. The van der Waals surface area contributed by atoms with Gasteiger partial charge in [-0.15, -0.1) is 0 Å². The Morgan fingerprint density at radius 1 is 1.37 bits per heavy atom. The molecule has 1 aromatic rings. The average molecular weight is 262 g/mol. The Morgan fingerprint density at radius 3 is 2.95 bits per heavy atom. The first-order valence-corrected chi connectivity index (χ1v) is 7.03. The minimum atomic E-state index is 0.344. The van der Waals surface area contributed by atoms with Crippen molar-refractivity contribution in [2.24, 2.45) is 5.92 Å². The highest BCUT2D eigenvalue weighted by Crippen LogP contribution is 2.32. The van der Waals surface area contributed by atoms with Crippen LogP contribution in [0.3, 0.4) is 0 Å². The van der Waals surface area contributed by atoms with Crippen LogP contribution in [0.4, 0.5) is 5.69 Å². The molecule has 1 saturated carbocycles. The van der Waals surface area contributed by atoms with Gasteiger partial charge in [0.15, 0.2) is 6.79 Å². The summed E-state index contributed by atoms with van der Waals surface area (Å²) in [5.41, 5.74) is 9.01. The van der Waals surface area contributed by atoms with E-state index in [1.165, 1.54) is 31.4 Å². The van der Waals surface area contributed by atoms with Gasteiger partial charge in [0.05, 0.1) is 6.61 Å². The fourth-order valence-electron chi connectivity index (χ4n) is 2.92. The van der Waals surface area contributed by atoms with Crippen LogP contribution in [-0.2, 0) is 17.9 Å². The van der Waals surface area contributed by atoms with Crippen molar-refractivity contribution < 1.29 is 9.47 Å². The van der Waals surface area contributed by atoms with Gasteiger partial charge in [-0.2, -0.15) is 0 Å². The van der Waals surface area contributed by atoms with Crippen molar-refractivity contribution in [2.45, 2.75) is 32.4 Å². The van der Waals surface area contributed by atoms with E-state index in [1.807, 2.05) is 12.1 Å². The normalized spacial score (nSPS) is 18.8. The van der Waals surface area contributed by atoms with Gasteiger partial charge in [0, 0.05) is 29.9 Å². The number of nitrogens with zero attached hydrogens (tertiary/aromatic N) is 1. The van der Waals surface area contributed by atoms with E-state index in [4.69, 9.17) is 15.2 Å². The van der Waals surface area contributed by atoms with Gasteiger partial charge in [0.1, 0.15) is 5.75 Å². The highest BCUT2D eigenvalue weighted by molar-refractivity contribution is 5.53. The van der Waals surface area contributed by atoms with Crippen LogP contribution in [0.25, 0.3) is 0 Å². The summed E-state index contributed by atoms with van der Waals surface area (Å²) in [7, 11) is 2.17. The number of rotatable bonds is 4. The Labute approximate surface area is 114 Å². The summed E-state index contributed by atoms with van der Waals surface area (Å²) >= 11 is 0. The molecule has 0 saturated heterocycles. The van der Waals surface area contributed by atoms with E-state index in [1.54, 1.807) is 0 Å². The van der Waals surface area contributed by atoms with Crippen LogP contribution < -0.4 is 10.5 Å². The first kappa shape index (κ1) is 12.8. The third-order valence-corrected chi connectivity index (χ3v) is 4.04. The van der Waals surface area contributed by atoms with Gasteiger partial charge >= 0.3 is 0 Å². The van der Waals surface area contributed by atoms with E-state index >= 15 is 0 Å². The van der Waals surface area contributed by atoms with E-state index in [9.17, 15) is 0 Å². The smallest absolute Gasteiger partial charge is 0.189 e. The number of ether oxygens (including phenoxy) is 2. The molecule has 0 radical (unpaired) electrons. The first-order chi connectivity index (χ1) is 9.22. The zero-order chi connectivity index (χ0) is 13.2. The Morgan fingerprint density at radius 2 is 2.21 bits per heavy atom. The molecule has 1 aliphatic carbocycles. The van der Waals surface area contributed by atoms with Gasteiger partial charge in [-0.25, -0.2) is 0 Å². The second-order valence-corrected chi connectivity index (χ2v) is 5.77. The molecule has 3 rings (SSSR count). The predicted molar refractivity (Wildman–Crippen MR) is 74.8 cm³/mol. The number of anilines is 1. The molecule has 104 valence electrons. The molecule has 0 unspecified atom stereocenters. The lowest BCUT2D eigenvalue weighted by Crippen LogP contribution is -2.29. The van der Waals surface area contributed by atoms with Crippen molar-refractivity contribution in [1.29, 1.82) is 0 Å². The maximum atomic E-state index is 5.97. The van der Waals surface area contributed by atoms with Crippen LogP contribution in [0, 0.1) is 5.92 Å². The maximum absolute atomic E-state index is 5.97. The van der Waals surface area contributed by atoms with Crippen molar-refractivity contribution in [3.8, 4) is 5.75 Å². The maximum Gasteiger partial charge on any atom is 0.189 e. The zero-order valence-corrected chi connectivity index (χ0v) is 11.5. The minimum Gasteiger partial charge on any atom is -0.467 e. The predicted octanol–water partition coefficient (Wildman–Crippen LogP) is 2.37. The SMILES string of the molecule is CN(Cc1cc(N)cc2c1OCOC2)CC1CCC1. The van der Waals surface area contributed by atoms with Crippen LogP contribution in [0.2, 0.25) is 0 Å². The van der Waals surface area contributed by atoms with Crippen LogP contribution in [0.1, 0.15) is 30.4 Å². The fourth-order valence-corrected chi connectivity index (χ4v) is 2.92. The molecular weight excluding hydrogens is 240 g/mol. The first-order valence-electron chi connectivity index (χ1n) is 7.03. The summed E-state index contributed by atoms with van der Waals surface area (Å²) in [4.78, 5) is 2.37. The van der Waals surface area contributed by atoms with Crippen molar-refractivity contribution in [1.82, 2.24) is 4.90 Å². The monoisotopic (exact) mass is 262 g/mol. The molecule has 1 fully saturated rings. The molecule has 0 spiro atoms. The number of hydrogen-bond donors (Lipinski definition) is 1. The number of nitrogen functional groups attached to an aromatic ring is 1. The molecule has 19 heavy (non-hydrogen) atoms. The van der Waals surface area contributed by atoms with E-state index < -0.39 is 0 Å². The minimum absolute atomic E-state index is 0.344. The summed E-state index contributed by atoms with van der Waals surface area (Å²) in [5.74, 6) is 1.85. The van der Waals surface area contributed by atoms with Crippen molar-refractivity contribution in [2.75, 3.05) is 26.1 Å². The Balaban J connectivity index is 1.73. The van der Waals surface area contributed by atoms with Crippen LogP contribution in [0.5, 0.6) is 5.75 Å². The third-order valence-electron chi connectivity index (χ3n) is 4.04. The summed E-state index contributed by atoms with van der Waals surface area (Å²) in [5, 5.41) is 0. The standard InChI is InChI=1S/C15H22N2O2/c1-17(7-11-3-2-4-11)8-12-5-14(16)6-13-9-18-10-19-15(12)13/h5-6,11H,2-4,7-10,16H2,1H3. The Hall–Kier alpha value is -1.26. The van der Waals surface area contributed by atoms with E-state index in [0.717, 1.165) is 29.5 Å². The van der Waals surface area contributed by atoms with Crippen molar-refractivity contribution in [3.63, 3.8) is 0 Å². The summed E-state index contributed by atoms with van der Waals surface area (Å²) in [6.45, 7) is 3.00. The van der Waals surface area contributed by atoms with Gasteiger partial charge in [-0.05, 0) is 37.9 Å². The second-order valence-electron chi connectivity index (χ2n) is 5.77. The van der Waals surface area contributed by atoms with Gasteiger partial charge in [0.25, 0.3) is 0 Å². The number of hydrogen-bond acceptors (Lipinski definition) is 4. The number of nitrogens with two attached hydrogens (primary N) is 1. The van der Waals surface area contributed by atoms with Crippen LogP contribution in [-0.4, -0.2) is 25.3 Å². The molecule has 0 aromatic heterocycles. The Kier molecular flexibility index (Phi) is 3.62. The highest BCUT2D eigenvalue weighted by Gasteiger charge is 2.21. The van der Waals surface area contributed by atoms with Gasteiger partial charge < -0.3 is 20.1 Å². The third kappa shape index (κ3) is 2.85. The van der Waals surface area contributed by atoms with Gasteiger partial charge in [0.2, 0.25) is 0 Å². The fraction of sp³-hybridized carbons (Fsp3) is 0.600. The molecule has 1 heterocycles. The molecule has 1 aliphatic heterocycles. The molecule has 4 heteroatoms. The van der Waals surface area contributed by atoms with Crippen molar-refractivity contribution >= 4 is 5.69 Å². The van der Waals surface area contributed by atoms with Gasteiger partial charge in [-0.1, -0.05) is 6.42 Å². The van der Waals surface area contributed by atoms with E-state index in [0.29, 0.717) is 13.4 Å². The molecule has 2 aliphatic rings. The molecule has 0 atom stereocenters. The average Bonchev–Trinajstić information content (AvgIpc) is 2.34. The molecule has 4 nitrogen and oxygen atoms in total. The number of fused-ring (bicyclic) bond motifs is 1. The lowest BCUT2D eigenvalue weighted by Gasteiger charge is -2.31. The lowest BCUT2D eigenvalue weighted by atomic mass is 9.85. The Bertz CT molecular complexity index is 458. The van der Waals surface area contributed by atoms with Gasteiger partial charge in [-0.3, -0.25) is 0 Å². The van der Waals surface area contributed by atoms with E-state index in [-0.39, 0.29) is 0 Å². The topological polar surface area (TPSA) is 47.7 Å². The summed E-state index contributed by atoms with van der Waals surface area (Å²) in [6.07, 6.45) is 4.15. The zero-order valence-electron chi connectivity index (χ0n) is 11.5.